The van der Waals surface area contributed by atoms with Gasteiger partial charge in [-0.25, -0.2) is 0 Å². The van der Waals surface area contributed by atoms with Crippen LogP contribution >= 0.6 is 22.7 Å². The number of nitrogens with zero attached hydrogens (tertiary/aromatic N) is 1. The molecule has 0 N–H and O–H groups in total. The van der Waals surface area contributed by atoms with Gasteiger partial charge in [0, 0.05) is 51.7 Å². The lowest BCUT2D eigenvalue weighted by Crippen LogP contribution is -2.10. The summed E-state index contributed by atoms with van der Waals surface area (Å²) in [7, 11) is 0. The summed E-state index contributed by atoms with van der Waals surface area (Å²) in [4.78, 5) is 2.45. The molecule has 0 saturated carbocycles. The van der Waals surface area contributed by atoms with E-state index in [1.807, 2.05) is 22.7 Å². The molecule has 3 heteroatoms. The molecule has 0 unspecified atom stereocenters. The topological polar surface area (TPSA) is 3.24 Å². The smallest absolute Gasteiger partial charge is 0.0555 e. The highest BCUT2D eigenvalue weighted by molar-refractivity contribution is 7.26. The fourth-order valence-corrected chi connectivity index (χ4v) is 11.6. The van der Waals surface area contributed by atoms with Crippen LogP contribution in [-0.4, -0.2) is 0 Å². The quantitative estimate of drug-likeness (QED) is 0.155. The van der Waals surface area contributed by atoms with Gasteiger partial charge in [-0.2, -0.15) is 0 Å². The Hall–Kier alpha value is -7.30. The van der Waals surface area contributed by atoms with E-state index in [1.54, 1.807) is 0 Å². The molecule has 0 amide bonds. The minimum Gasteiger partial charge on any atom is -0.310 e. The van der Waals surface area contributed by atoms with Crippen LogP contribution < -0.4 is 4.90 Å². The zero-order valence-electron chi connectivity index (χ0n) is 33.1. The molecule has 0 spiro atoms. The zero-order chi connectivity index (χ0) is 40.3. The monoisotopic (exact) mass is 811 g/mol. The summed E-state index contributed by atoms with van der Waals surface area (Å²) in [5, 5.41) is 7.69. The van der Waals surface area contributed by atoms with Crippen LogP contribution in [0.5, 0.6) is 0 Å². The molecule has 0 atom stereocenters. The van der Waals surface area contributed by atoms with E-state index >= 15 is 0 Å². The first-order chi connectivity index (χ1) is 30.2. The molecule has 12 aromatic rings. The molecule has 10 aromatic carbocycles. The molecular formula is C58H37NS2. The van der Waals surface area contributed by atoms with Crippen LogP contribution in [0.3, 0.4) is 0 Å². The number of fused-ring (bicyclic) bond motifs is 7. The van der Waals surface area contributed by atoms with Crippen LogP contribution in [0.2, 0.25) is 0 Å². The molecule has 0 radical (unpaired) electrons. The number of thiophene rings is 2. The fourth-order valence-electron chi connectivity index (χ4n) is 9.20. The van der Waals surface area contributed by atoms with Crippen molar-refractivity contribution in [3.63, 3.8) is 0 Å². The van der Waals surface area contributed by atoms with Crippen LogP contribution in [0.15, 0.2) is 224 Å². The van der Waals surface area contributed by atoms with Crippen molar-refractivity contribution < 1.29 is 0 Å². The van der Waals surface area contributed by atoms with E-state index in [-0.39, 0.29) is 0 Å². The third-order valence-electron chi connectivity index (χ3n) is 12.1. The van der Waals surface area contributed by atoms with Gasteiger partial charge in [0.05, 0.1) is 5.69 Å². The van der Waals surface area contributed by atoms with E-state index in [1.165, 1.54) is 95.6 Å². The van der Waals surface area contributed by atoms with E-state index in [0.29, 0.717) is 0 Å². The average molecular weight is 812 g/mol. The van der Waals surface area contributed by atoms with Crippen LogP contribution in [0.1, 0.15) is 0 Å². The van der Waals surface area contributed by atoms with E-state index in [2.05, 4.69) is 229 Å². The summed E-state index contributed by atoms with van der Waals surface area (Å²) in [5.41, 5.74) is 13.2. The molecule has 0 fully saturated rings. The molecule has 0 saturated heterocycles. The highest BCUT2D eigenvalue weighted by Crippen LogP contribution is 2.49. The molecule has 0 aliphatic heterocycles. The maximum absolute atomic E-state index is 2.45. The number of rotatable bonds is 7. The van der Waals surface area contributed by atoms with Crippen molar-refractivity contribution in [3.05, 3.63) is 224 Å². The van der Waals surface area contributed by atoms with Gasteiger partial charge in [0.15, 0.2) is 0 Å². The molecule has 61 heavy (non-hydrogen) atoms. The minimum absolute atomic E-state index is 1.11. The SMILES string of the molecule is c1ccc(-c2ccc(N(c3ccc(-c4ccc5ccccc5c4)cc3)c3ccc(-c4ccccc4-c4cccc5sc6ccccc6c45)cc3)c3c2sc2ccccc23)cc1. The van der Waals surface area contributed by atoms with E-state index in [0.717, 1.165) is 17.1 Å². The summed E-state index contributed by atoms with van der Waals surface area (Å²) in [6, 6.07) is 82.4. The molecule has 2 aromatic heterocycles. The Kier molecular flexibility index (Phi) is 8.62. The first-order valence-corrected chi connectivity index (χ1v) is 22.4. The van der Waals surface area contributed by atoms with Crippen molar-refractivity contribution >= 4 is 90.9 Å². The summed E-state index contributed by atoms with van der Waals surface area (Å²) < 4.78 is 5.22. The van der Waals surface area contributed by atoms with E-state index in [9.17, 15) is 0 Å². The first kappa shape index (κ1) is 35.6. The number of anilines is 3. The Morgan fingerprint density at radius 3 is 1.62 bits per heavy atom. The third-order valence-corrected chi connectivity index (χ3v) is 14.4. The minimum atomic E-state index is 1.11. The maximum Gasteiger partial charge on any atom is 0.0555 e. The molecule has 0 aliphatic rings. The molecule has 1 nitrogen and oxygen atoms in total. The number of hydrogen-bond acceptors (Lipinski definition) is 3. The van der Waals surface area contributed by atoms with Gasteiger partial charge in [0.1, 0.15) is 0 Å². The second-order valence-electron chi connectivity index (χ2n) is 15.6. The summed E-state index contributed by atoms with van der Waals surface area (Å²) in [5.74, 6) is 0. The van der Waals surface area contributed by atoms with Crippen molar-refractivity contribution in [1.82, 2.24) is 0 Å². The van der Waals surface area contributed by atoms with Gasteiger partial charge >= 0.3 is 0 Å². The van der Waals surface area contributed by atoms with Crippen molar-refractivity contribution in [2.24, 2.45) is 0 Å². The van der Waals surface area contributed by atoms with Crippen molar-refractivity contribution in [2.45, 2.75) is 0 Å². The van der Waals surface area contributed by atoms with E-state index in [4.69, 9.17) is 0 Å². The highest BCUT2D eigenvalue weighted by Gasteiger charge is 2.22. The van der Waals surface area contributed by atoms with Gasteiger partial charge < -0.3 is 4.90 Å². The largest absolute Gasteiger partial charge is 0.310 e. The Morgan fingerprint density at radius 1 is 0.295 bits per heavy atom. The second-order valence-corrected chi connectivity index (χ2v) is 17.8. The Bertz CT molecular complexity index is 3580. The lowest BCUT2D eigenvalue weighted by Gasteiger charge is -2.27. The predicted molar refractivity (Wildman–Crippen MR) is 266 cm³/mol. The number of hydrogen-bond donors (Lipinski definition) is 0. The first-order valence-electron chi connectivity index (χ1n) is 20.7. The normalized spacial score (nSPS) is 11.6. The lowest BCUT2D eigenvalue weighted by molar-refractivity contribution is 1.30. The summed E-state index contributed by atoms with van der Waals surface area (Å²) in [6.45, 7) is 0. The van der Waals surface area contributed by atoms with Crippen molar-refractivity contribution in [3.8, 4) is 44.5 Å². The van der Waals surface area contributed by atoms with Crippen molar-refractivity contribution in [2.75, 3.05) is 4.90 Å². The summed E-state index contributed by atoms with van der Waals surface area (Å²) in [6.07, 6.45) is 0. The fraction of sp³-hybridized carbons (Fsp3) is 0. The molecule has 12 rings (SSSR count). The third kappa shape index (κ3) is 6.13. The zero-order valence-corrected chi connectivity index (χ0v) is 34.8. The predicted octanol–water partition coefficient (Wildman–Crippen LogP) is 17.7. The van der Waals surface area contributed by atoms with Crippen LogP contribution in [-0.2, 0) is 0 Å². The highest BCUT2D eigenvalue weighted by atomic mass is 32.1. The Balaban J connectivity index is 1.02. The van der Waals surface area contributed by atoms with Gasteiger partial charge in [-0.3, -0.25) is 0 Å². The Labute approximate surface area is 362 Å². The van der Waals surface area contributed by atoms with Gasteiger partial charge in [-0.1, -0.05) is 170 Å². The molecule has 0 aliphatic carbocycles. The molecular weight excluding hydrogens is 775 g/mol. The Morgan fingerprint density at radius 2 is 0.852 bits per heavy atom. The van der Waals surface area contributed by atoms with Crippen LogP contribution in [0, 0.1) is 0 Å². The van der Waals surface area contributed by atoms with Gasteiger partial charge in [0.25, 0.3) is 0 Å². The second kappa shape index (κ2) is 14.8. The van der Waals surface area contributed by atoms with Gasteiger partial charge in [0.2, 0.25) is 0 Å². The number of benzene rings is 10. The van der Waals surface area contributed by atoms with Crippen LogP contribution in [0.4, 0.5) is 17.1 Å². The average Bonchev–Trinajstić information content (AvgIpc) is 3.92. The van der Waals surface area contributed by atoms with Gasteiger partial charge in [-0.15, -0.1) is 22.7 Å². The molecule has 2 heterocycles. The molecule has 0 bridgehead atoms. The van der Waals surface area contributed by atoms with Gasteiger partial charge in [-0.05, 0) is 110 Å². The van der Waals surface area contributed by atoms with Crippen LogP contribution in [0.25, 0.3) is 95.6 Å². The summed E-state index contributed by atoms with van der Waals surface area (Å²) >= 11 is 3.75. The van der Waals surface area contributed by atoms with Crippen molar-refractivity contribution in [1.29, 1.82) is 0 Å². The van der Waals surface area contributed by atoms with E-state index < -0.39 is 0 Å². The standard InChI is InChI=1S/C58H37NS2/c1-2-14-40(15-3-1)47-35-36-52(57-51-20-9-11-23-54(51)61-58(47)57)59(44-31-27-39(28-32-44)43-26-25-38-13-4-5-16-42(38)37-43)45-33-29-41(30-34-45)46-17-6-7-18-48(46)49-21-12-24-55-56(49)50-19-8-10-22-53(50)60-55/h1-37H. The molecule has 286 valence electrons. The lowest BCUT2D eigenvalue weighted by atomic mass is 9.92. The maximum atomic E-state index is 2.45.